The summed E-state index contributed by atoms with van der Waals surface area (Å²) >= 11 is 0. The van der Waals surface area contributed by atoms with Crippen molar-refractivity contribution in [3.63, 3.8) is 0 Å². The summed E-state index contributed by atoms with van der Waals surface area (Å²) in [5.74, 6) is 2.03. The van der Waals surface area contributed by atoms with Crippen molar-refractivity contribution in [2.24, 2.45) is 34.5 Å². The molecule has 4 aliphatic carbocycles. The number of aliphatic hydroxyl groups excluding tert-OH is 2. The fourth-order valence-corrected chi connectivity index (χ4v) is 7.52. The Hall–Kier alpha value is -0.670. The second kappa shape index (κ2) is 5.41. The number of carbonyl (C=O) groups excluding carboxylic acids is 1. The highest BCUT2D eigenvalue weighted by Crippen LogP contribution is 2.66. The molecule has 3 fully saturated rings. The van der Waals surface area contributed by atoms with Crippen molar-refractivity contribution in [2.45, 2.75) is 77.9 Å². The summed E-state index contributed by atoms with van der Waals surface area (Å²) in [6.07, 6.45) is 8.04. The van der Waals surface area contributed by atoms with Crippen molar-refractivity contribution in [2.75, 3.05) is 0 Å². The Morgan fingerprint density at radius 1 is 1.21 bits per heavy atom. The zero-order valence-corrected chi connectivity index (χ0v) is 15.3. The second-order valence-corrected chi connectivity index (χ2v) is 9.59. The third-order valence-electron chi connectivity index (χ3n) is 8.55. The largest absolute Gasteiger partial charge is 0.393 e. The van der Waals surface area contributed by atoms with Gasteiger partial charge in [-0.3, -0.25) is 4.79 Å². The van der Waals surface area contributed by atoms with Gasteiger partial charge in [-0.15, -0.1) is 0 Å². The van der Waals surface area contributed by atoms with Crippen LogP contribution in [0.25, 0.3) is 0 Å². The lowest BCUT2D eigenvalue weighted by Gasteiger charge is -2.60. The minimum Gasteiger partial charge on any atom is -0.393 e. The third-order valence-corrected chi connectivity index (χ3v) is 8.55. The minimum atomic E-state index is -0.308. The Morgan fingerprint density at radius 2 is 1.96 bits per heavy atom. The Morgan fingerprint density at radius 3 is 2.67 bits per heavy atom. The van der Waals surface area contributed by atoms with Gasteiger partial charge in [-0.2, -0.15) is 0 Å². The molecule has 3 nitrogen and oxygen atoms in total. The highest BCUT2D eigenvalue weighted by atomic mass is 16.3. The van der Waals surface area contributed by atoms with Crippen LogP contribution in [-0.2, 0) is 4.79 Å². The van der Waals surface area contributed by atoms with E-state index in [2.05, 4.69) is 13.8 Å². The van der Waals surface area contributed by atoms with E-state index in [1.54, 1.807) is 0 Å². The minimum absolute atomic E-state index is 0.000487. The van der Waals surface area contributed by atoms with Crippen molar-refractivity contribution in [1.29, 1.82) is 0 Å². The van der Waals surface area contributed by atoms with Gasteiger partial charge in [0.1, 0.15) is 0 Å². The summed E-state index contributed by atoms with van der Waals surface area (Å²) in [6, 6.07) is 0. The van der Waals surface area contributed by atoms with Crippen LogP contribution in [-0.4, -0.2) is 28.2 Å². The van der Waals surface area contributed by atoms with Gasteiger partial charge in [0.25, 0.3) is 0 Å². The molecule has 3 heteroatoms. The maximum atomic E-state index is 11.9. The van der Waals surface area contributed by atoms with E-state index in [1.807, 2.05) is 13.0 Å². The van der Waals surface area contributed by atoms with E-state index in [4.69, 9.17) is 0 Å². The van der Waals surface area contributed by atoms with Gasteiger partial charge in [0, 0.05) is 6.42 Å². The fourth-order valence-electron chi connectivity index (χ4n) is 7.52. The SMILES string of the molecule is C[C@@H](O)[C@H]1CC[C@H]2[C@@H]3CCC4=CC(=O)CC[C@]4(C)[C@H]3[C@H](O)C[C@]12C. The number of fused-ring (bicyclic) bond motifs is 5. The normalized spacial score (nSPS) is 52.1. The molecule has 0 bridgehead atoms. The molecule has 0 heterocycles. The van der Waals surface area contributed by atoms with Crippen LogP contribution < -0.4 is 0 Å². The van der Waals surface area contributed by atoms with Crippen LogP contribution in [0.15, 0.2) is 11.6 Å². The summed E-state index contributed by atoms with van der Waals surface area (Å²) in [7, 11) is 0. The molecule has 24 heavy (non-hydrogen) atoms. The van der Waals surface area contributed by atoms with E-state index in [1.165, 1.54) is 12.0 Å². The molecule has 0 spiro atoms. The van der Waals surface area contributed by atoms with Crippen molar-refractivity contribution >= 4 is 5.78 Å². The molecule has 0 saturated heterocycles. The van der Waals surface area contributed by atoms with E-state index >= 15 is 0 Å². The predicted molar refractivity (Wildman–Crippen MR) is 93.3 cm³/mol. The Bertz CT molecular complexity index is 580. The first-order valence-corrected chi connectivity index (χ1v) is 9.87. The maximum Gasteiger partial charge on any atom is 0.155 e. The van der Waals surface area contributed by atoms with Gasteiger partial charge in [0.05, 0.1) is 12.2 Å². The van der Waals surface area contributed by atoms with Gasteiger partial charge in [0.2, 0.25) is 0 Å². The summed E-state index contributed by atoms with van der Waals surface area (Å²) in [4.78, 5) is 11.9. The van der Waals surface area contributed by atoms with Crippen LogP contribution in [0.3, 0.4) is 0 Å². The molecule has 4 rings (SSSR count). The monoisotopic (exact) mass is 332 g/mol. The van der Waals surface area contributed by atoms with Gasteiger partial charge in [-0.05, 0) is 86.0 Å². The van der Waals surface area contributed by atoms with Crippen molar-refractivity contribution < 1.29 is 15.0 Å². The van der Waals surface area contributed by atoms with Crippen molar-refractivity contribution in [3.8, 4) is 0 Å². The van der Waals surface area contributed by atoms with E-state index in [-0.39, 0.29) is 34.7 Å². The van der Waals surface area contributed by atoms with Crippen molar-refractivity contribution in [3.05, 3.63) is 11.6 Å². The summed E-state index contributed by atoms with van der Waals surface area (Å²) < 4.78 is 0. The Kier molecular flexibility index (Phi) is 3.78. The van der Waals surface area contributed by atoms with Gasteiger partial charge in [-0.25, -0.2) is 0 Å². The van der Waals surface area contributed by atoms with Crippen LogP contribution in [0.1, 0.15) is 65.7 Å². The lowest BCUT2D eigenvalue weighted by Crippen LogP contribution is -2.57. The second-order valence-electron chi connectivity index (χ2n) is 9.59. The molecule has 0 radical (unpaired) electrons. The van der Waals surface area contributed by atoms with E-state index in [0.717, 1.165) is 32.1 Å². The molecule has 2 N–H and O–H groups in total. The van der Waals surface area contributed by atoms with Crippen LogP contribution in [0.4, 0.5) is 0 Å². The quantitative estimate of drug-likeness (QED) is 0.773. The first-order chi connectivity index (χ1) is 11.3. The number of aliphatic hydroxyl groups is 2. The molecule has 4 aliphatic rings. The summed E-state index contributed by atoms with van der Waals surface area (Å²) in [5, 5.41) is 21.5. The summed E-state index contributed by atoms with van der Waals surface area (Å²) in [6.45, 7) is 6.54. The average molecular weight is 332 g/mol. The Balaban J connectivity index is 1.71. The number of carbonyl (C=O) groups is 1. The molecular weight excluding hydrogens is 300 g/mol. The van der Waals surface area contributed by atoms with Gasteiger partial charge >= 0.3 is 0 Å². The van der Waals surface area contributed by atoms with Gasteiger partial charge in [-0.1, -0.05) is 19.4 Å². The number of hydrogen-bond acceptors (Lipinski definition) is 3. The van der Waals surface area contributed by atoms with Crippen molar-refractivity contribution in [1.82, 2.24) is 0 Å². The Labute approximate surface area is 145 Å². The highest BCUT2D eigenvalue weighted by molar-refractivity contribution is 5.91. The zero-order chi connectivity index (χ0) is 17.3. The standard InChI is InChI=1S/C21H32O3/c1-12(22)16-6-7-17-15-5-4-13-10-14(23)8-9-20(13,2)19(15)18(24)11-21(16,17)3/h10,12,15-19,22,24H,4-9,11H2,1-3H3/t12-,15+,16-,17+,18-,19-,20+,21-/m1/s1. The average Bonchev–Trinajstić information content (AvgIpc) is 2.84. The van der Waals surface area contributed by atoms with E-state index in [9.17, 15) is 15.0 Å². The first-order valence-electron chi connectivity index (χ1n) is 9.87. The van der Waals surface area contributed by atoms with Gasteiger partial charge in [0.15, 0.2) is 5.78 Å². The summed E-state index contributed by atoms with van der Waals surface area (Å²) in [5.41, 5.74) is 1.37. The molecule has 0 unspecified atom stereocenters. The molecule has 0 aromatic carbocycles. The molecule has 0 amide bonds. The first kappa shape index (κ1) is 16.8. The third kappa shape index (κ3) is 2.13. The molecule has 0 aromatic heterocycles. The zero-order valence-electron chi connectivity index (χ0n) is 15.3. The molecule has 0 aromatic rings. The van der Waals surface area contributed by atoms with Crippen LogP contribution in [0, 0.1) is 34.5 Å². The lowest BCUT2D eigenvalue weighted by atomic mass is 9.46. The van der Waals surface area contributed by atoms with Crippen LogP contribution in [0.2, 0.25) is 0 Å². The fraction of sp³-hybridized carbons (Fsp3) is 0.857. The number of ketones is 1. The van der Waals surface area contributed by atoms with Crippen LogP contribution >= 0.6 is 0 Å². The number of allylic oxidation sites excluding steroid dienone is 1. The topological polar surface area (TPSA) is 57.5 Å². The molecular formula is C21H32O3. The molecule has 8 atom stereocenters. The van der Waals surface area contributed by atoms with Crippen LogP contribution in [0.5, 0.6) is 0 Å². The molecule has 0 aliphatic heterocycles. The predicted octanol–water partition coefficient (Wildman–Crippen LogP) is 3.49. The molecule has 3 saturated carbocycles. The highest BCUT2D eigenvalue weighted by Gasteiger charge is 2.62. The number of hydrogen-bond donors (Lipinski definition) is 2. The van der Waals surface area contributed by atoms with Gasteiger partial charge < -0.3 is 10.2 Å². The van der Waals surface area contributed by atoms with E-state index in [0.29, 0.717) is 24.2 Å². The molecule has 134 valence electrons. The number of rotatable bonds is 1. The lowest BCUT2D eigenvalue weighted by molar-refractivity contribution is -0.140. The smallest absolute Gasteiger partial charge is 0.155 e. The maximum absolute atomic E-state index is 11.9. The van der Waals surface area contributed by atoms with E-state index < -0.39 is 0 Å².